The molecule has 1 aromatic heterocycles. The lowest BCUT2D eigenvalue weighted by molar-refractivity contribution is 1.33. The van der Waals surface area contributed by atoms with Crippen molar-refractivity contribution in [3.8, 4) is 12.1 Å². The van der Waals surface area contributed by atoms with Gasteiger partial charge in [0.25, 0.3) is 0 Å². The predicted octanol–water partition coefficient (Wildman–Crippen LogP) is 2.15. The maximum absolute atomic E-state index is 8.93. The van der Waals surface area contributed by atoms with Crippen molar-refractivity contribution < 1.29 is 0 Å². The van der Waals surface area contributed by atoms with E-state index in [9.17, 15) is 0 Å². The lowest BCUT2D eigenvalue weighted by Crippen LogP contribution is -1.95. The van der Waals surface area contributed by atoms with E-state index in [4.69, 9.17) is 16.3 Å². The molecule has 0 radical (unpaired) electrons. The van der Waals surface area contributed by atoms with Gasteiger partial charge in [0.1, 0.15) is 18.0 Å². The molecule has 3 N–H and O–H groups in total. The third-order valence-electron chi connectivity index (χ3n) is 2.33. The van der Waals surface area contributed by atoms with E-state index in [-0.39, 0.29) is 0 Å². The van der Waals surface area contributed by atoms with Crippen LogP contribution in [0.25, 0.3) is 0 Å². The fourth-order valence-electron chi connectivity index (χ4n) is 1.50. The minimum absolute atomic E-state index is 0.338. The quantitative estimate of drug-likeness (QED) is 0.830. The molecule has 0 fully saturated rings. The molecule has 0 spiro atoms. The molecule has 0 unspecified atom stereocenters. The van der Waals surface area contributed by atoms with E-state index in [1.807, 2.05) is 12.1 Å². The Morgan fingerprint density at radius 3 is 2.39 bits per heavy atom. The highest BCUT2D eigenvalue weighted by molar-refractivity contribution is 5.65. The van der Waals surface area contributed by atoms with Crippen LogP contribution in [-0.2, 0) is 0 Å². The molecule has 0 atom stereocenters. The van der Waals surface area contributed by atoms with Crippen LogP contribution < -0.4 is 11.1 Å². The first-order valence-electron chi connectivity index (χ1n) is 5.16. The largest absolute Gasteiger partial charge is 0.384 e. The Balaban J connectivity index is 2.31. The lowest BCUT2D eigenvalue weighted by Gasteiger charge is -2.07. The number of rotatable bonds is 2. The van der Waals surface area contributed by atoms with Crippen molar-refractivity contribution in [3.05, 3.63) is 47.7 Å². The van der Waals surface area contributed by atoms with Crippen LogP contribution in [-0.4, -0.2) is 4.98 Å². The highest BCUT2D eigenvalue weighted by atomic mass is 14.9. The van der Waals surface area contributed by atoms with E-state index in [1.165, 1.54) is 0 Å². The summed E-state index contributed by atoms with van der Waals surface area (Å²) in [5.74, 6) is 0.411. The molecule has 2 rings (SSSR count). The number of pyridine rings is 1. The molecule has 0 aliphatic rings. The predicted molar refractivity (Wildman–Crippen MR) is 67.8 cm³/mol. The molecular weight excluding hydrogens is 226 g/mol. The number of nitrogen functional groups attached to an aromatic ring is 1. The van der Waals surface area contributed by atoms with Crippen molar-refractivity contribution in [3.63, 3.8) is 0 Å². The third kappa shape index (κ3) is 2.37. The molecule has 0 aliphatic heterocycles. The van der Waals surface area contributed by atoms with Crippen molar-refractivity contribution in [1.29, 1.82) is 10.5 Å². The minimum Gasteiger partial charge on any atom is -0.384 e. The lowest BCUT2D eigenvalue weighted by atomic mass is 10.1. The average Bonchev–Trinajstić information content (AvgIpc) is 2.38. The topological polar surface area (TPSA) is 98.5 Å². The Hall–Kier alpha value is -3.05. The smallest absolute Gasteiger partial charge is 0.125 e. The fourth-order valence-corrected chi connectivity index (χ4v) is 1.50. The second kappa shape index (κ2) is 4.86. The van der Waals surface area contributed by atoms with Crippen LogP contribution in [0.1, 0.15) is 11.1 Å². The zero-order valence-electron chi connectivity index (χ0n) is 9.38. The van der Waals surface area contributed by atoms with Crippen LogP contribution >= 0.6 is 0 Å². The Labute approximate surface area is 104 Å². The summed E-state index contributed by atoms with van der Waals surface area (Å²) in [6.07, 6.45) is 1.59. The third-order valence-corrected chi connectivity index (χ3v) is 2.33. The second-order valence-corrected chi connectivity index (χ2v) is 3.58. The summed E-state index contributed by atoms with van der Waals surface area (Å²) in [5.41, 5.74) is 7.76. The van der Waals surface area contributed by atoms with Gasteiger partial charge in [0, 0.05) is 23.6 Å². The number of nitrogens with one attached hydrogen (secondary N) is 1. The van der Waals surface area contributed by atoms with Crippen LogP contribution in [0, 0.1) is 22.7 Å². The maximum Gasteiger partial charge on any atom is 0.125 e. The number of benzene rings is 1. The highest BCUT2D eigenvalue weighted by Gasteiger charge is 2.03. The molecule has 5 nitrogen and oxygen atoms in total. The Bertz CT molecular complexity index is 664. The number of anilines is 3. The maximum atomic E-state index is 8.93. The van der Waals surface area contributed by atoms with Gasteiger partial charge in [-0.3, -0.25) is 0 Å². The normalized spacial score (nSPS) is 9.22. The summed E-state index contributed by atoms with van der Waals surface area (Å²) in [6.45, 7) is 0. The van der Waals surface area contributed by atoms with Gasteiger partial charge in [-0.25, -0.2) is 4.98 Å². The first kappa shape index (κ1) is 11.4. The molecule has 1 aromatic carbocycles. The number of hydrogen-bond acceptors (Lipinski definition) is 5. The number of nitriles is 2. The molecule has 0 saturated carbocycles. The number of nitrogens with zero attached hydrogens (tertiary/aromatic N) is 3. The van der Waals surface area contributed by atoms with Crippen LogP contribution in [0.15, 0.2) is 36.5 Å². The minimum atomic E-state index is 0.338. The van der Waals surface area contributed by atoms with Crippen molar-refractivity contribution in [2.45, 2.75) is 0 Å². The standard InChI is InChI=1S/C13H9N5/c14-7-9-1-2-11(5-10(9)8-15)18-12-3-4-17-13(16)6-12/h1-6H,(H3,16,17,18). The summed E-state index contributed by atoms with van der Waals surface area (Å²) in [6, 6.07) is 12.4. The van der Waals surface area contributed by atoms with Crippen LogP contribution in [0.5, 0.6) is 0 Å². The molecule has 0 bridgehead atoms. The van der Waals surface area contributed by atoms with E-state index >= 15 is 0 Å². The molecule has 18 heavy (non-hydrogen) atoms. The van der Waals surface area contributed by atoms with Crippen molar-refractivity contribution in [2.24, 2.45) is 0 Å². The van der Waals surface area contributed by atoms with E-state index in [2.05, 4.69) is 10.3 Å². The van der Waals surface area contributed by atoms with Crippen LogP contribution in [0.2, 0.25) is 0 Å². The SMILES string of the molecule is N#Cc1ccc(Nc2ccnc(N)c2)cc1C#N. The zero-order chi connectivity index (χ0) is 13.0. The monoisotopic (exact) mass is 235 g/mol. The van der Waals surface area contributed by atoms with Gasteiger partial charge in [0.05, 0.1) is 11.1 Å². The Morgan fingerprint density at radius 1 is 1.00 bits per heavy atom. The number of aromatic nitrogens is 1. The molecule has 0 aliphatic carbocycles. The first-order chi connectivity index (χ1) is 8.72. The average molecular weight is 235 g/mol. The molecule has 2 aromatic rings. The van der Waals surface area contributed by atoms with Gasteiger partial charge in [-0.15, -0.1) is 0 Å². The van der Waals surface area contributed by atoms with E-state index < -0.39 is 0 Å². The summed E-state index contributed by atoms with van der Waals surface area (Å²) in [4.78, 5) is 3.88. The molecule has 86 valence electrons. The fraction of sp³-hybridized carbons (Fsp3) is 0. The van der Waals surface area contributed by atoms with Gasteiger partial charge in [0.15, 0.2) is 0 Å². The molecule has 5 heteroatoms. The van der Waals surface area contributed by atoms with E-state index in [1.54, 1.807) is 36.5 Å². The molecule has 0 saturated heterocycles. The number of hydrogen-bond donors (Lipinski definition) is 2. The van der Waals surface area contributed by atoms with Crippen molar-refractivity contribution in [1.82, 2.24) is 4.98 Å². The van der Waals surface area contributed by atoms with Crippen molar-refractivity contribution in [2.75, 3.05) is 11.1 Å². The van der Waals surface area contributed by atoms with Gasteiger partial charge in [-0.2, -0.15) is 10.5 Å². The summed E-state index contributed by atoms with van der Waals surface area (Å²) < 4.78 is 0. The number of nitrogens with two attached hydrogens (primary N) is 1. The van der Waals surface area contributed by atoms with Crippen LogP contribution in [0.3, 0.4) is 0 Å². The highest BCUT2D eigenvalue weighted by Crippen LogP contribution is 2.20. The summed E-state index contributed by atoms with van der Waals surface area (Å²) >= 11 is 0. The van der Waals surface area contributed by atoms with Crippen LogP contribution in [0.4, 0.5) is 17.2 Å². The van der Waals surface area contributed by atoms with Gasteiger partial charge >= 0.3 is 0 Å². The molecule has 1 heterocycles. The Kier molecular flexibility index (Phi) is 3.08. The Morgan fingerprint density at radius 2 is 1.72 bits per heavy atom. The second-order valence-electron chi connectivity index (χ2n) is 3.58. The summed E-state index contributed by atoms with van der Waals surface area (Å²) in [7, 11) is 0. The summed E-state index contributed by atoms with van der Waals surface area (Å²) in [5, 5.41) is 20.8. The zero-order valence-corrected chi connectivity index (χ0v) is 9.38. The first-order valence-corrected chi connectivity index (χ1v) is 5.16. The van der Waals surface area contributed by atoms with Gasteiger partial charge in [-0.1, -0.05) is 0 Å². The van der Waals surface area contributed by atoms with Gasteiger partial charge in [0.2, 0.25) is 0 Å². The van der Waals surface area contributed by atoms with E-state index in [0.29, 0.717) is 16.9 Å². The molecule has 0 amide bonds. The van der Waals surface area contributed by atoms with Gasteiger partial charge < -0.3 is 11.1 Å². The van der Waals surface area contributed by atoms with Gasteiger partial charge in [-0.05, 0) is 24.3 Å². The molecular formula is C13H9N5. The van der Waals surface area contributed by atoms with Crippen molar-refractivity contribution >= 4 is 17.2 Å². The van der Waals surface area contributed by atoms with E-state index in [0.717, 1.165) is 11.4 Å².